The second-order valence-corrected chi connectivity index (χ2v) is 6.06. The molecule has 1 aromatic carbocycles. The molecule has 0 saturated heterocycles. The van der Waals surface area contributed by atoms with Gasteiger partial charge < -0.3 is 9.15 Å². The molecule has 2 nitrogen and oxygen atoms in total. The molecule has 0 amide bonds. The molecule has 0 aliphatic rings. The Balaban J connectivity index is 2.22. The first kappa shape index (κ1) is 14.9. The molecule has 102 valence electrons. The maximum atomic E-state index is 6.46. The highest BCUT2D eigenvalue weighted by Gasteiger charge is 2.17. The highest BCUT2D eigenvalue weighted by atomic mass is 79.9. The predicted octanol–water partition coefficient (Wildman–Crippen LogP) is 5.92. The van der Waals surface area contributed by atoms with Crippen LogP contribution in [-0.2, 0) is 0 Å². The van der Waals surface area contributed by atoms with Crippen molar-refractivity contribution in [3.8, 4) is 5.75 Å². The van der Waals surface area contributed by atoms with Crippen LogP contribution in [0.3, 0.4) is 0 Å². The van der Waals surface area contributed by atoms with Gasteiger partial charge in [0.15, 0.2) is 4.67 Å². The number of ether oxygens (including phenoxy) is 1. The van der Waals surface area contributed by atoms with E-state index in [-0.39, 0.29) is 5.38 Å². The average Bonchev–Trinajstić information content (AvgIpc) is 2.82. The zero-order valence-corrected chi connectivity index (χ0v) is 14.3. The Kier molecular flexibility index (Phi) is 5.37. The van der Waals surface area contributed by atoms with E-state index in [0.717, 1.165) is 27.8 Å². The van der Waals surface area contributed by atoms with Crippen molar-refractivity contribution < 1.29 is 9.15 Å². The molecule has 0 aliphatic heterocycles. The van der Waals surface area contributed by atoms with Crippen LogP contribution in [0.2, 0.25) is 0 Å². The number of alkyl halides is 1. The summed E-state index contributed by atoms with van der Waals surface area (Å²) in [6, 6.07) is 7.73. The van der Waals surface area contributed by atoms with Crippen LogP contribution in [-0.4, -0.2) is 6.61 Å². The van der Waals surface area contributed by atoms with Crippen LogP contribution in [0.25, 0.3) is 0 Å². The largest absolute Gasteiger partial charge is 0.492 e. The van der Waals surface area contributed by atoms with Crippen molar-refractivity contribution in [3.05, 3.63) is 50.8 Å². The number of benzene rings is 1. The van der Waals surface area contributed by atoms with Crippen molar-refractivity contribution in [1.29, 1.82) is 0 Å². The fourth-order valence-corrected chi connectivity index (χ4v) is 3.09. The van der Waals surface area contributed by atoms with Gasteiger partial charge in [-0.25, -0.2) is 0 Å². The van der Waals surface area contributed by atoms with E-state index in [1.807, 2.05) is 24.3 Å². The first-order valence-electron chi connectivity index (χ1n) is 5.92. The van der Waals surface area contributed by atoms with E-state index in [1.54, 1.807) is 6.26 Å². The van der Waals surface area contributed by atoms with Gasteiger partial charge in [0.1, 0.15) is 5.75 Å². The lowest BCUT2D eigenvalue weighted by Gasteiger charge is -2.12. The topological polar surface area (TPSA) is 22.4 Å². The lowest BCUT2D eigenvalue weighted by molar-refractivity contribution is 0.315. The molecule has 0 bridgehead atoms. The third-order valence-electron chi connectivity index (χ3n) is 2.63. The first-order chi connectivity index (χ1) is 9.13. The van der Waals surface area contributed by atoms with Crippen LogP contribution in [0.4, 0.5) is 0 Å². The molecule has 0 fully saturated rings. The Hall–Kier alpha value is -0.450. The van der Waals surface area contributed by atoms with Gasteiger partial charge in [0.25, 0.3) is 0 Å². The zero-order valence-electron chi connectivity index (χ0n) is 10.3. The molecule has 0 aliphatic carbocycles. The van der Waals surface area contributed by atoms with Crippen molar-refractivity contribution in [2.24, 2.45) is 0 Å². The number of furan rings is 1. The molecular formula is C14H13Br2ClO2. The molecule has 1 atom stereocenters. The van der Waals surface area contributed by atoms with Crippen LogP contribution in [0, 0.1) is 0 Å². The van der Waals surface area contributed by atoms with Gasteiger partial charge in [-0.1, -0.05) is 13.0 Å². The minimum absolute atomic E-state index is 0.260. The standard InChI is InChI=1S/C14H13Br2ClO2/c1-2-6-18-12-4-3-9(8-11(12)15)13(17)10-5-7-19-14(10)16/h3-5,7-8,13H,2,6H2,1H3. The van der Waals surface area contributed by atoms with Gasteiger partial charge in [-0.3, -0.25) is 0 Å². The summed E-state index contributed by atoms with van der Waals surface area (Å²) in [5.74, 6) is 0.834. The fourth-order valence-electron chi connectivity index (χ4n) is 1.67. The molecular weight excluding hydrogens is 395 g/mol. The van der Waals surface area contributed by atoms with E-state index in [0.29, 0.717) is 11.3 Å². The lowest BCUT2D eigenvalue weighted by atomic mass is 10.1. The summed E-state index contributed by atoms with van der Waals surface area (Å²) in [6.07, 6.45) is 2.59. The van der Waals surface area contributed by atoms with Gasteiger partial charge >= 0.3 is 0 Å². The average molecular weight is 409 g/mol. The molecule has 1 aromatic heterocycles. The second kappa shape index (κ2) is 6.82. The fraction of sp³-hybridized carbons (Fsp3) is 0.286. The van der Waals surface area contributed by atoms with E-state index in [4.69, 9.17) is 20.8 Å². The first-order valence-corrected chi connectivity index (χ1v) is 7.95. The van der Waals surface area contributed by atoms with Crippen LogP contribution >= 0.6 is 43.5 Å². The summed E-state index contributed by atoms with van der Waals surface area (Å²) in [5.41, 5.74) is 1.90. The van der Waals surface area contributed by atoms with E-state index >= 15 is 0 Å². The maximum Gasteiger partial charge on any atom is 0.173 e. The Bertz CT molecular complexity index is 554. The van der Waals surface area contributed by atoms with Gasteiger partial charge in [-0.15, -0.1) is 11.6 Å². The Labute approximate surface area is 134 Å². The van der Waals surface area contributed by atoms with Gasteiger partial charge in [0.2, 0.25) is 0 Å². The molecule has 0 radical (unpaired) electrons. The van der Waals surface area contributed by atoms with Gasteiger partial charge in [0, 0.05) is 5.56 Å². The predicted molar refractivity (Wildman–Crippen MR) is 84.0 cm³/mol. The lowest BCUT2D eigenvalue weighted by Crippen LogP contribution is -1.97. The normalized spacial score (nSPS) is 12.4. The highest BCUT2D eigenvalue weighted by Crippen LogP contribution is 2.37. The number of halogens is 3. The van der Waals surface area contributed by atoms with E-state index < -0.39 is 0 Å². The minimum Gasteiger partial charge on any atom is -0.492 e. The second-order valence-electron chi connectivity index (χ2n) is 4.05. The van der Waals surface area contributed by atoms with Gasteiger partial charge in [-0.2, -0.15) is 0 Å². The van der Waals surface area contributed by atoms with Crippen molar-refractivity contribution in [2.75, 3.05) is 6.61 Å². The molecule has 0 saturated carbocycles. The molecule has 5 heteroatoms. The number of hydrogen-bond acceptors (Lipinski definition) is 2. The number of rotatable bonds is 5. The molecule has 2 aromatic rings. The van der Waals surface area contributed by atoms with Crippen LogP contribution < -0.4 is 4.74 Å². The number of hydrogen-bond donors (Lipinski definition) is 0. The Morgan fingerprint density at radius 2 is 2.11 bits per heavy atom. The van der Waals surface area contributed by atoms with E-state index in [9.17, 15) is 0 Å². The smallest absolute Gasteiger partial charge is 0.173 e. The maximum absolute atomic E-state index is 6.46. The molecule has 1 unspecified atom stereocenters. The third kappa shape index (κ3) is 3.56. The van der Waals surface area contributed by atoms with Crippen LogP contribution in [0.15, 0.2) is 44.1 Å². The van der Waals surface area contributed by atoms with Crippen molar-refractivity contribution in [3.63, 3.8) is 0 Å². The minimum atomic E-state index is -0.260. The van der Waals surface area contributed by atoms with E-state index in [1.165, 1.54) is 0 Å². The van der Waals surface area contributed by atoms with Crippen molar-refractivity contribution in [2.45, 2.75) is 18.7 Å². The molecule has 1 heterocycles. The summed E-state index contributed by atoms with van der Waals surface area (Å²) in [7, 11) is 0. The van der Waals surface area contributed by atoms with Gasteiger partial charge in [0.05, 0.1) is 22.7 Å². The van der Waals surface area contributed by atoms with Crippen LogP contribution in [0.5, 0.6) is 5.75 Å². The van der Waals surface area contributed by atoms with Crippen molar-refractivity contribution in [1.82, 2.24) is 0 Å². The Morgan fingerprint density at radius 1 is 1.32 bits per heavy atom. The molecule has 0 spiro atoms. The van der Waals surface area contributed by atoms with Gasteiger partial charge in [-0.05, 0) is 62.0 Å². The Morgan fingerprint density at radius 3 is 2.68 bits per heavy atom. The SMILES string of the molecule is CCCOc1ccc(C(Cl)c2ccoc2Br)cc1Br. The summed E-state index contributed by atoms with van der Waals surface area (Å²) in [5, 5.41) is -0.260. The summed E-state index contributed by atoms with van der Waals surface area (Å²) in [6.45, 7) is 2.78. The van der Waals surface area contributed by atoms with Crippen LogP contribution in [0.1, 0.15) is 29.8 Å². The molecule has 0 N–H and O–H groups in total. The quantitative estimate of drug-likeness (QED) is 0.573. The zero-order chi connectivity index (χ0) is 13.8. The van der Waals surface area contributed by atoms with Crippen molar-refractivity contribution >= 4 is 43.5 Å². The molecule has 2 rings (SSSR count). The van der Waals surface area contributed by atoms with E-state index in [2.05, 4.69) is 38.8 Å². The third-order valence-corrected chi connectivity index (χ3v) is 4.38. The summed E-state index contributed by atoms with van der Waals surface area (Å²) in [4.78, 5) is 0. The highest BCUT2D eigenvalue weighted by molar-refractivity contribution is 9.10. The monoisotopic (exact) mass is 406 g/mol. The molecule has 19 heavy (non-hydrogen) atoms. The summed E-state index contributed by atoms with van der Waals surface area (Å²) >= 11 is 13.3. The summed E-state index contributed by atoms with van der Waals surface area (Å²) < 4.78 is 12.4.